The Kier molecular flexibility index (Phi) is 4.54. The van der Waals surface area contributed by atoms with Crippen molar-refractivity contribution in [2.75, 3.05) is 25.1 Å². The van der Waals surface area contributed by atoms with Crippen LogP contribution in [-0.2, 0) is 9.53 Å². The van der Waals surface area contributed by atoms with Gasteiger partial charge in [0.15, 0.2) is 0 Å². The predicted octanol–water partition coefficient (Wildman–Crippen LogP) is 1.41. The first kappa shape index (κ1) is 14.7. The number of pyridine rings is 1. The van der Waals surface area contributed by atoms with Gasteiger partial charge in [-0.1, -0.05) is 12.2 Å². The number of piperidine rings is 1. The summed E-state index contributed by atoms with van der Waals surface area (Å²) in [5, 5.41) is 0. The first-order valence-corrected chi connectivity index (χ1v) is 7.04. The van der Waals surface area contributed by atoms with Gasteiger partial charge in [0.2, 0.25) is 0 Å². The van der Waals surface area contributed by atoms with Gasteiger partial charge >= 0.3 is 5.97 Å². The van der Waals surface area contributed by atoms with Crippen molar-refractivity contribution in [1.29, 1.82) is 0 Å². The molecule has 6 heteroatoms. The number of carbonyl (C=O) groups excluding carboxylic acids is 1. The molecule has 2 rings (SSSR count). The number of aromatic nitrogens is 1. The molecule has 0 bridgehead atoms. The summed E-state index contributed by atoms with van der Waals surface area (Å²) in [6, 6.07) is 3.78. The Labute approximate surface area is 124 Å². The summed E-state index contributed by atoms with van der Waals surface area (Å²) in [4.78, 5) is 18.7. The summed E-state index contributed by atoms with van der Waals surface area (Å²) in [6.45, 7) is 3.37. The number of carbonyl (C=O) groups is 1. The molecule has 0 saturated carbocycles. The number of hydrogen-bond donors (Lipinski definition) is 1. The summed E-state index contributed by atoms with van der Waals surface area (Å²) in [7, 11) is 1.42. The van der Waals surface area contributed by atoms with E-state index in [-0.39, 0.29) is 11.9 Å². The highest BCUT2D eigenvalue weighted by Gasteiger charge is 2.28. The van der Waals surface area contributed by atoms with E-state index in [1.165, 1.54) is 7.11 Å². The zero-order valence-electron chi connectivity index (χ0n) is 11.8. The Morgan fingerprint density at radius 2 is 2.30 bits per heavy atom. The zero-order valence-corrected chi connectivity index (χ0v) is 12.6. The fourth-order valence-electron chi connectivity index (χ4n) is 2.50. The van der Waals surface area contributed by atoms with Crippen LogP contribution in [0.5, 0.6) is 0 Å². The van der Waals surface area contributed by atoms with Gasteiger partial charge in [-0.3, -0.25) is 4.79 Å². The fraction of sp³-hybridized carbons (Fsp3) is 0.500. The quantitative estimate of drug-likeness (QED) is 0.671. The lowest BCUT2D eigenvalue weighted by atomic mass is 9.98. The van der Waals surface area contributed by atoms with E-state index >= 15 is 0 Å². The second kappa shape index (κ2) is 6.17. The van der Waals surface area contributed by atoms with Gasteiger partial charge in [0.05, 0.1) is 18.6 Å². The molecule has 0 radical (unpaired) electrons. The van der Waals surface area contributed by atoms with Crippen molar-refractivity contribution in [3.05, 3.63) is 23.4 Å². The minimum atomic E-state index is -0.167. The lowest BCUT2D eigenvalue weighted by molar-refractivity contribution is -0.145. The number of thiocarbonyl (C=S) groups is 1. The van der Waals surface area contributed by atoms with Crippen LogP contribution in [0.1, 0.15) is 24.1 Å². The number of methoxy groups -OCH3 is 1. The summed E-state index contributed by atoms with van der Waals surface area (Å²) in [5.41, 5.74) is 7.43. The topological polar surface area (TPSA) is 68.5 Å². The number of rotatable bonds is 3. The summed E-state index contributed by atoms with van der Waals surface area (Å²) in [5.74, 6) is 0.487. The van der Waals surface area contributed by atoms with Crippen LogP contribution in [-0.4, -0.2) is 36.1 Å². The molecule has 108 valence electrons. The van der Waals surface area contributed by atoms with Crippen molar-refractivity contribution in [2.24, 2.45) is 11.7 Å². The lowest BCUT2D eigenvalue weighted by Gasteiger charge is -2.33. The van der Waals surface area contributed by atoms with E-state index in [1.807, 2.05) is 19.1 Å². The van der Waals surface area contributed by atoms with Crippen LogP contribution in [0.25, 0.3) is 0 Å². The van der Waals surface area contributed by atoms with Crippen molar-refractivity contribution >= 4 is 29.0 Å². The highest BCUT2D eigenvalue weighted by Crippen LogP contribution is 2.25. The maximum atomic E-state index is 11.7. The smallest absolute Gasteiger partial charge is 0.310 e. The second-order valence-corrected chi connectivity index (χ2v) is 5.44. The number of esters is 1. The molecule has 0 aromatic carbocycles. The SMILES string of the molecule is COC(=O)C1CCCN(c2nc(C)ccc2C(N)=S)C1. The Hall–Kier alpha value is -1.69. The Balaban J connectivity index is 2.28. The Morgan fingerprint density at radius 3 is 2.95 bits per heavy atom. The van der Waals surface area contributed by atoms with Crippen molar-refractivity contribution in [3.63, 3.8) is 0 Å². The van der Waals surface area contributed by atoms with Gasteiger partial charge in [0, 0.05) is 18.8 Å². The maximum Gasteiger partial charge on any atom is 0.310 e. The molecule has 1 aliphatic rings. The van der Waals surface area contributed by atoms with E-state index in [0.717, 1.165) is 36.5 Å². The van der Waals surface area contributed by atoms with Crippen molar-refractivity contribution in [1.82, 2.24) is 4.98 Å². The fourth-order valence-corrected chi connectivity index (χ4v) is 2.66. The zero-order chi connectivity index (χ0) is 14.7. The predicted molar refractivity (Wildman–Crippen MR) is 81.8 cm³/mol. The van der Waals surface area contributed by atoms with Gasteiger partial charge in [0.25, 0.3) is 0 Å². The third-order valence-corrected chi connectivity index (χ3v) is 3.76. The van der Waals surface area contributed by atoms with Crippen LogP contribution in [0.4, 0.5) is 5.82 Å². The Bertz CT molecular complexity index is 533. The van der Waals surface area contributed by atoms with Gasteiger partial charge < -0.3 is 15.4 Å². The number of nitrogens with two attached hydrogens (primary N) is 1. The van der Waals surface area contributed by atoms with Gasteiger partial charge in [-0.2, -0.15) is 0 Å². The molecule has 0 amide bonds. The first-order chi connectivity index (χ1) is 9.52. The number of ether oxygens (including phenoxy) is 1. The summed E-state index contributed by atoms with van der Waals surface area (Å²) >= 11 is 5.09. The van der Waals surface area contributed by atoms with E-state index < -0.39 is 0 Å². The summed E-state index contributed by atoms with van der Waals surface area (Å²) < 4.78 is 4.84. The number of anilines is 1. The second-order valence-electron chi connectivity index (χ2n) is 5.00. The minimum Gasteiger partial charge on any atom is -0.469 e. The molecule has 0 aliphatic carbocycles. The molecule has 1 aromatic heterocycles. The van der Waals surface area contributed by atoms with Crippen molar-refractivity contribution in [2.45, 2.75) is 19.8 Å². The first-order valence-electron chi connectivity index (χ1n) is 6.63. The van der Waals surface area contributed by atoms with E-state index in [9.17, 15) is 4.79 Å². The third kappa shape index (κ3) is 3.07. The lowest BCUT2D eigenvalue weighted by Crippen LogP contribution is -2.40. The van der Waals surface area contributed by atoms with Gasteiger partial charge in [-0.25, -0.2) is 4.98 Å². The monoisotopic (exact) mass is 293 g/mol. The molecular formula is C14H19N3O2S. The van der Waals surface area contributed by atoms with Crippen LogP contribution in [0.15, 0.2) is 12.1 Å². The highest BCUT2D eigenvalue weighted by molar-refractivity contribution is 7.80. The summed E-state index contributed by atoms with van der Waals surface area (Å²) in [6.07, 6.45) is 1.77. The Morgan fingerprint density at radius 1 is 1.55 bits per heavy atom. The van der Waals surface area contributed by atoms with Crippen LogP contribution >= 0.6 is 12.2 Å². The molecule has 2 heterocycles. The third-order valence-electron chi connectivity index (χ3n) is 3.54. The molecule has 1 aromatic rings. The normalized spacial score (nSPS) is 18.7. The molecule has 1 aliphatic heterocycles. The van der Waals surface area contributed by atoms with E-state index in [2.05, 4.69) is 9.88 Å². The van der Waals surface area contributed by atoms with Crippen LogP contribution in [0.3, 0.4) is 0 Å². The standard InChI is InChI=1S/C14H19N3O2S/c1-9-5-6-11(12(15)20)13(16-9)17-7-3-4-10(8-17)14(18)19-2/h5-6,10H,3-4,7-8H2,1-2H3,(H2,15,20). The molecule has 20 heavy (non-hydrogen) atoms. The largest absolute Gasteiger partial charge is 0.469 e. The number of nitrogens with zero attached hydrogens (tertiary/aromatic N) is 2. The van der Waals surface area contributed by atoms with Gasteiger partial charge in [-0.05, 0) is 31.9 Å². The maximum absolute atomic E-state index is 11.7. The molecule has 1 saturated heterocycles. The minimum absolute atomic E-state index is 0.116. The molecule has 1 fully saturated rings. The van der Waals surface area contributed by atoms with Crippen molar-refractivity contribution in [3.8, 4) is 0 Å². The van der Waals surface area contributed by atoms with E-state index in [1.54, 1.807) is 0 Å². The molecular weight excluding hydrogens is 274 g/mol. The van der Waals surface area contributed by atoms with Gasteiger partial charge in [0.1, 0.15) is 10.8 Å². The average Bonchev–Trinajstić information content (AvgIpc) is 2.46. The molecule has 1 atom stereocenters. The van der Waals surface area contributed by atoms with Crippen LogP contribution < -0.4 is 10.6 Å². The molecule has 5 nitrogen and oxygen atoms in total. The molecule has 2 N–H and O–H groups in total. The van der Waals surface area contributed by atoms with E-state index in [0.29, 0.717) is 11.5 Å². The average molecular weight is 293 g/mol. The van der Waals surface area contributed by atoms with Crippen LogP contribution in [0.2, 0.25) is 0 Å². The molecule has 1 unspecified atom stereocenters. The molecule has 0 spiro atoms. The van der Waals surface area contributed by atoms with Crippen LogP contribution in [0, 0.1) is 12.8 Å². The highest BCUT2D eigenvalue weighted by atomic mass is 32.1. The number of hydrogen-bond acceptors (Lipinski definition) is 5. The number of aryl methyl sites for hydroxylation is 1. The van der Waals surface area contributed by atoms with E-state index in [4.69, 9.17) is 22.7 Å². The van der Waals surface area contributed by atoms with Gasteiger partial charge in [-0.15, -0.1) is 0 Å². The van der Waals surface area contributed by atoms with Crippen molar-refractivity contribution < 1.29 is 9.53 Å².